The molecular weight excluding hydrogens is 665 g/mol. The number of hydrogen-bond donors (Lipinski definition) is 1. The van der Waals surface area contributed by atoms with Crippen LogP contribution in [0, 0.1) is 6.92 Å². The lowest BCUT2D eigenvalue weighted by Gasteiger charge is -2.34. The number of rotatable bonds is 13. The van der Waals surface area contributed by atoms with Gasteiger partial charge in [-0.25, -0.2) is 8.42 Å². The van der Waals surface area contributed by atoms with Gasteiger partial charge in [0.2, 0.25) is 11.8 Å². The van der Waals surface area contributed by atoms with Crippen LogP contribution in [0.25, 0.3) is 0 Å². The van der Waals surface area contributed by atoms with Crippen LogP contribution in [-0.2, 0) is 32.6 Å². The second-order valence-electron chi connectivity index (χ2n) is 11.0. The number of benzene rings is 4. The second kappa shape index (κ2) is 15.8. The number of sulfonamides is 1. The van der Waals surface area contributed by atoms with Crippen LogP contribution >= 0.6 is 34.8 Å². The van der Waals surface area contributed by atoms with E-state index in [0.717, 1.165) is 9.87 Å². The SMILES string of the molecule is CC[C@H](C)NC(=O)[C@H](Cc1ccccc1)N(Cc1ccc(Cl)c(Cl)c1)C(=O)CN(c1ccccc1C)S(=O)(=O)c1ccc(Cl)cc1. The fraction of sp³-hybridized carbons (Fsp3) is 0.257. The fourth-order valence-corrected chi connectivity index (χ4v) is 6.85. The van der Waals surface area contributed by atoms with E-state index in [-0.39, 0.29) is 29.8 Å². The molecule has 0 saturated heterocycles. The molecule has 0 spiro atoms. The zero-order valence-corrected chi connectivity index (χ0v) is 28.9. The Kier molecular flexibility index (Phi) is 12.1. The Bertz CT molecular complexity index is 1770. The fourth-order valence-electron chi connectivity index (χ4n) is 4.92. The van der Waals surface area contributed by atoms with Crippen LogP contribution < -0.4 is 9.62 Å². The number of amides is 2. The van der Waals surface area contributed by atoms with Gasteiger partial charge in [-0.2, -0.15) is 0 Å². The maximum Gasteiger partial charge on any atom is 0.264 e. The van der Waals surface area contributed by atoms with Crippen LogP contribution in [-0.4, -0.2) is 43.8 Å². The maximum atomic E-state index is 14.6. The molecule has 2 amide bonds. The van der Waals surface area contributed by atoms with E-state index in [0.29, 0.717) is 38.3 Å². The van der Waals surface area contributed by atoms with E-state index >= 15 is 0 Å². The van der Waals surface area contributed by atoms with Gasteiger partial charge in [0.05, 0.1) is 20.6 Å². The van der Waals surface area contributed by atoms with Gasteiger partial charge in [-0.05, 0) is 79.4 Å². The molecule has 0 radical (unpaired) electrons. The molecule has 0 heterocycles. The zero-order chi connectivity index (χ0) is 33.4. The summed E-state index contributed by atoms with van der Waals surface area (Å²) in [7, 11) is -4.25. The van der Waals surface area contributed by atoms with Crippen LogP contribution in [0.3, 0.4) is 0 Å². The van der Waals surface area contributed by atoms with Gasteiger partial charge in [-0.3, -0.25) is 13.9 Å². The Morgan fingerprint density at radius 3 is 2.11 bits per heavy atom. The summed E-state index contributed by atoms with van der Waals surface area (Å²) in [5.41, 5.74) is 2.45. The lowest BCUT2D eigenvalue weighted by Crippen LogP contribution is -2.54. The molecule has 4 aromatic carbocycles. The lowest BCUT2D eigenvalue weighted by molar-refractivity contribution is -0.140. The number of aryl methyl sites for hydroxylation is 1. The summed E-state index contributed by atoms with van der Waals surface area (Å²) in [6.45, 7) is 5.02. The van der Waals surface area contributed by atoms with Gasteiger partial charge in [0.25, 0.3) is 10.0 Å². The van der Waals surface area contributed by atoms with Gasteiger partial charge >= 0.3 is 0 Å². The average molecular weight is 701 g/mol. The van der Waals surface area contributed by atoms with E-state index < -0.39 is 28.5 Å². The molecule has 242 valence electrons. The predicted molar refractivity (Wildman–Crippen MR) is 186 cm³/mol. The molecule has 0 aliphatic heterocycles. The van der Waals surface area contributed by atoms with Crippen molar-refractivity contribution in [1.29, 1.82) is 0 Å². The van der Waals surface area contributed by atoms with Crippen molar-refractivity contribution in [3.05, 3.63) is 129 Å². The Hall–Kier alpha value is -3.56. The molecule has 0 aliphatic carbocycles. The number of halogens is 3. The Balaban J connectivity index is 1.83. The molecule has 0 bridgehead atoms. The summed E-state index contributed by atoms with van der Waals surface area (Å²) in [4.78, 5) is 29.9. The van der Waals surface area contributed by atoms with Crippen molar-refractivity contribution in [3.63, 3.8) is 0 Å². The largest absolute Gasteiger partial charge is 0.352 e. The van der Waals surface area contributed by atoms with Crippen molar-refractivity contribution in [2.45, 2.75) is 57.1 Å². The molecule has 0 fully saturated rings. The third-order valence-corrected chi connectivity index (χ3v) is 10.4. The predicted octanol–water partition coefficient (Wildman–Crippen LogP) is 7.71. The molecule has 0 saturated carbocycles. The highest BCUT2D eigenvalue weighted by Gasteiger charge is 2.35. The monoisotopic (exact) mass is 699 g/mol. The number of nitrogens with zero attached hydrogens (tertiary/aromatic N) is 2. The van der Waals surface area contributed by atoms with E-state index in [9.17, 15) is 18.0 Å². The van der Waals surface area contributed by atoms with E-state index in [1.165, 1.54) is 29.2 Å². The molecule has 7 nitrogen and oxygen atoms in total. The molecule has 0 unspecified atom stereocenters. The first-order valence-electron chi connectivity index (χ1n) is 14.8. The minimum atomic E-state index is -4.25. The van der Waals surface area contributed by atoms with Gasteiger partial charge in [0.1, 0.15) is 12.6 Å². The molecule has 2 atom stereocenters. The number of carbonyl (C=O) groups is 2. The van der Waals surface area contributed by atoms with Crippen LogP contribution in [0.1, 0.15) is 37.0 Å². The van der Waals surface area contributed by atoms with Crippen molar-refractivity contribution in [2.75, 3.05) is 10.8 Å². The summed E-state index contributed by atoms with van der Waals surface area (Å²) in [6, 6.07) is 25.9. The van der Waals surface area contributed by atoms with Gasteiger partial charge in [-0.1, -0.05) is 96.3 Å². The summed E-state index contributed by atoms with van der Waals surface area (Å²) in [5.74, 6) is -0.929. The minimum absolute atomic E-state index is 0.0241. The van der Waals surface area contributed by atoms with Crippen molar-refractivity contribution in [2.24, 2.45) is 0 Å². The first kappa shape index (κ1) is 35.3. The first-order chi connectivity index (χ1) is 21.9. The summed E-state index contributed by atoms with van der Waals surface area (Å²) < 4.78 is 29.4. The van der Waals surface area contributed by atoms with Crippen LogP contribution in [0.5, 0.6) is 0 Å². The van der Waals surface area contributed by atoms with Crippen molar-refractivity contribution >= 4 is 62.3 Å². The Morgan fingerprint density at radius 2 is 1.48 bits per heavy atom. The normalized spacial score (nSPS) is 12.7. The molecule has 46 heavy (non-hydrogen) atoms. The molecule has 11 heteroatoms. The first-order valence-corrected chi connectivity index (χ1v) is 17.4. The molecule has 0 aromatic heterocycles. The van der Waals surface area contributed by atoms with Crippen molar-refractivity contribution in [3.8, 4) is 0 Å². The smallest absolute Gasteiger partial charge is 0.264 e. The highest BCUT2D eigenvalue weighted by Crippen LogP contribution is 2.29. The van der Waals surface area contributed by atoms with Crippen molar-refractivity contribution in [1.82, 2.24) is 10.2 Å². The topological polar surface area (TPSA) is 86.8 Å². The molecular formula is C35H36Cl3N3O4S. The molecule has 1 N–H and O–H groups in total. The number of anilines is 1. The highest BCUT2D eigenvalue weighted by atomic mass is 35.5. The number of nitrogens with one attached hydrogen (secondary N) is 1. The quantitative estimate of drug-likeness (QED) is 0.155. The average Bonchev–Trinajstić information content (AvgIpc) is 3.04. The second-order valence-corrected chi connectivity index (χ2v) is 14.2. The lowest BCUT2D eigenvalue weighted by atomic mass is 10.0. The summed E-state index contributed by atoms with van der Waals surface area (Å²) in [5, 5.41) is 4.04. The highest BCUT2D eigenvalue weighted by molar-refractivity contribution is 7.92. The Labute approximate surface area is 286 Å². The summed E-state index contributed by atoms with van der Waals surface area (Å²) in [6.07, 6.45) is 0.884. The molecule has 4 rings (SSSR count). The summed E-state index contributed by atoms with van der Waals surface area (Å²) >= 11 is 18.6. The number of para-hydroxylation sites is 1. The molecule has 4 aromatic rings. The van der Waals surface area contributed by atoms with E-state index in [1.807, 2.05) is 44.2 Å². The minimum Gasteiger partial charge on any atom is -0.352 e. The van der Waals surface area contributed by atoms with Crippen molar-refractivity contribution < 1.29 is 18.0 Å². The van der Waals surface area contributed by atoms with Crippen LogP contribution in [0.4, 0.5) is 5.69 Å². The van der Waals surface area contributed by atoms with E-state index in [2.05, 4.69) is 5.32 Å². The van der Waals surface area contributed by atoms with Gasteiger partial charge < -0.3 is 10.2 Å². The third kappa shape index (κ3) is 8.82. The van der Waals surface area contributed by atoms with Gasteiger partial charge in [-0.15, -0.1) is 0 Å². The zero-order valence-electron chi connectivity index (χ0n) is 25.8. The van der Waals surface area contributed by atoms with Gasteiger partial charge in [0, 0.05) is 24.0 Å². The third-order valence-electron chi connectivity index (χ3n) is 7.67. The molecule has 0 aliphatic rings. The van der Waals surface area contributed by atoms with Gasteiger partial charge in [0.15, 0.2) is 0 Å². The maximum absolute atomic E-state index is 14.6. The number of carbonyl (C=O) groups excluding carboxylic acids is 2. The van der Waals surface area contributed by atoms with E-state index in [4.69, 9.17) is 34.8 Å². The standard InChI is InChI=1S/C35H36Cl3N3O4S/c1-4-25(3)39-35(43)33(21-26-11-6-5-7-12-26)40(22-27-14-19-30(37)31(38)20-27)34(42)23-41(32-13-9-8-10-24(32)2)46(44,45)29-17-15-28(36)16-18-29/h5-20,25,33H,4,21-23H2,1-3H3,(H,39,43)/t25-,33-/m0/s1. The van der Waals surface area contributed by atoms with Crippen LogP contribution in [0.2, 0.25) is 15.1 Å². The number of hydrogen-bond acceptors (Lipinski definition) is 4. The Morgan fingerprint density at radius 1 is 0.826 bits per heavy atom. The van der Waals surface area contributed by atoms with Crippen LogP contribution in [0.15, 0.2) is 102 Å². The van der Waals surface area contributed by atoms with E-state index in [1.54, 1.807) is 49.4 Å².